The zero-order valence-electron chi connectivity index (χ0n) is 15.6. The summed E-state index contributed by atoms with van der Waals surface area (Å²) < 4.78 is 0. The van der Waals surface area contributed by atoms with E-state index in [9.17, 15) is 9.59 Å². The molecule has 1 saturated heterocycles. The molecular formula is C20H28N4O3. The van der Waals surface area contributed by atoms with E-state index in [0.717, 1.165) is 51.1 Å². The molecule has 1 amide bonds. The van der Waals surface area contributed by atoms with E-state index in [-0.39, 0.29) is 24.5 Å². The number of pyridine rings is 1. The molecule has 0 bridgehead atoms. The number of amides is 1. The molecule has 0 unspecified atom stereocenters. The van der Waals surface area contributed by atoms with Gasteiger partial charge >= 0.3 is 5.97 Å². The third-order valence-electron chi connectivity index (χ3n) is 5.93. The number of aliphatic carboxylic acids is 1. The number of hydrogen-bond acceptors (Lipinski definition) is 5. The molecule has 1 aromatic rings. The lowest BCUT2D eigenvalue weighted by molar-refractivity contribution is -0.139. The topological polar surface area (TPSA) is 85.8 Å². The lowest BCUT2D eigenvalue weighted by atomic mass is 9.85. The lowest BCUT2D eigenvalue weighted by Crippen LogP contribution is -2.55. The van der Waals surface area contributed by atoms with Gasteiger partial charge in [-0.05, 0) is 56.6 Å². The highest BCUT2D eigenvalue weighted by Crippen LogP contribution is 2.34. The summed E-state index contributed by atoms with van der Waals surface area (Å²) in [7, 11) is 0. The highest BCUT2D eigenvalue weighted by molar-refractivity contribution is 5.99. The third-order valence-corrected chi connectivity index (χ3v) is 5.93. The molecule has 0 spiro atoms. The van der Waals surface area contributed by atoms with Crippen molar-refractivity contribution in [3.05, 3.63) is 23.9 Å². The molecule has 0 atom stereocenters. The summed E-state index contributed by atoms with van der Waals surface area (Å²) in [6.45, 7) is 2.88. The van der Waals surface area contributed by atoms with Crippen molar-refractivity contribution in [2.24, 2.45) is 5.92 Å². The molecule has 2 heterocycles. The Kier molecular flexibility index (Phi) is 5.29. The summed E-state index contributed by atoms with van der Waals surface area (Å²) in [6.07, 6.45) is 8.10. The normalized spacial score (nSPS) is 24.7. The van der Waals surface area contributed by atoms with Crippen molar-refractivity contribution in [3.63, 3.8) is 0 Å². The molecule has 2 aliphatic carbocycles. The van der Waals surface area contributed by atoms with Crippen LogP contribution in [0.15, 0.2) is 18.3 Å². The Morgan fingerprint density at radius 1 is 1.26 bits per heavy atom. The molecule has 0 aromatic carbocycles. The van der Waals surface area contributed by atoms with Gasteiger partial charge in [-0.25, -0.2) is 4.98 Å². The monoisotopic (exact) mass is 372 g/mol. The van der Waals surface area contributed by atoms with Gasteiger partial charge in [0.1, 0.15) is 5.82 Å². The number of rotatable bonds is 8. The second-order valence-electron chi connectivity index (χ2n) is 8.13. The first kappa shape index (κ1) is 18.2. The van der Waals surface area contributed by atoms with Crippen LogP contribution >= 0.6 is 0 Å². The molecule has 1 aromatic heterocycles. The fraction of sp³-hybridized carbons (Fsp3) is 0.650. The molecule has 2 saturated carbocycles. The predicted molar refractivity (Wildman–Crippen MR) is 102 cm³/mol. The number of hydrogen-bond donors (Lipinski definition) is 2. The van der Waals surface area contributed by atoms with Gasteiger partial charge in [0.15, 0.2) is 0 Å². The molecule has 3 fully saturated rings. The van der Waals surface area contributed by atoms with Crippen LogP contribution in [0.2, 0.25) is 0 Å². The summed E-state index contributed by atoms with van der Waals surface area (Å²) in [5.41, 5.74) is 0.642. The zero-order valence-corrected chi connectivity index (χ0v) is 15.6. The first-order valence-electron chi connectivity index (χ1n) is 10.1. The van der Waals surface area contributed by atoms with Crippen molar-refractivity contribution in [2.75, 3.05) is 31.1 Å². The van der Waals surface area contributed by atoms with Crippen molar-refractivity contribution in [1.82, 2.24) is 15.2 Å². The molecule has 1 aliphatic heterocycles. The molecule has 0 radical (unpaired) electrons. The van der Waals surface area contributed by atoms with Gasteiger partial charge in [0.05, 0.1) is 12.1 Å². The Hall–Kier alpha value is -2.15. The fourth-order valence-electron chi connectivity index (χ4n) is 4.17. The van der Waals surface area contributed by atoms with Crippen molar-refractivity contribution in [3.8, 4) is 0 Å². The minimum absolute atomic E-state index is 0.0690. The van der Waals surface area contributed by atoms with Crippen LogP contribution in [0.3, 0.4) is 0 Å². The molecule has 7 nitrogen and oxygen atoms in total. The Morgan fingerprint density at radius 3 is 2.67 bits per heavy atom. The van der Waals surface area contributed by atoms with Crippen LogP contribution in [0.25, 0.3) is 0 Å². The van der Waals surface area contributed by atoms with Gasteiger partial charge in [0.25, 0.3) is 5.91 Å². The molecular weight excluding hydrogens is 344 g/mol. The lowest BCUT2D eigenvalue weighted by Gasteiger charge is -2.42. The van der Waals surface area contributed by atoms with Crippen molar-refractivity contribution >= 4 is 17.7 Å². The molecule has 4 rings (SSSR count). The number of carboxylic acids is 1. The number of carboxylic acid groups (broad SMARTS) is 1. The van der Waals surface area contributed by atoms with Gasteiger partial charge < -0.3 is 15.3 Å². The van der Waals surface area contributed by atoms with E-state index in [1.807, 2.05) is 12.1 Å². The second kappa shape index (κ2) is 7.84. The average molecular weight is 372 g/mol. The van der Waals surface area contributed by atoms with E-state index in [1.54, 1.807) is 6.20 Å². The van der Waals surface area contributed by atoms with Crippen LogP contribution < -0.4 is 10.2 Å². The van der Waals surface area contributed by atoms with Crippen LogP contribution in [-0.2, 0) is 4.79 Å². The quantitative estimate of drug-likeness (QED) is 0.723. The number of aromatic nitrogens is 1. The maximum absolute atomic E-state index is 12.8. The van der Waals surface area contributed by atoms with Crippen LogP contribution in [0.4, 0.5) is 5.82 Å². The average Bonchev–Trinajstić information content (AvgIpc) is 3.26. The Labute approximate surface area is 159 Å². The van der Waals surface area contributed by atoms with Crippen molar-refractivity contribution in [1.29, 1.82) is 0 Å². The summed E-state index contributed by atoms with van der Waals surface area (Å²) >= 11 is 0. The van der Waals surface area contributed by atoms with E-state index in [0.29, 0.717) is 11.5 Å². The fourth-order valence-corrected chi connectivity index (χ4v) is 4.17. The van der Waals surface area contributed by atoms with Crippen molar-refractivity contribution in [2.45, 2.75) is 50.6 Å². The summed E-state index contributed by atoms with van der Waals surface area (Å²) in [6, 6.07) is 4.03. The van der Waals surface area contributed by atoms with E-state index < -0.39 is 5.97 Å². The van der Waals surface area contributed by atoms with Crippen molar-refractivity contribution < 1.29 is 14.7 Å². The minimum atomic E-state index is -0.770. The van der Waals surface area contributed by atoms with E-state index in [4.69, 9.17) is 5.11 Å². The maximum atomic E-state index is 12.8. The molecule has 146 valence electrons. The maximum Gasteiger partial charge on any atom is 0.317 e. The standard InChI is InChI=1S/C20H28N4O3/c25-18(26)13-24(12-14-5-6-14)16-10-15(11-16)22-20(27)17-4-3-7-21-19(17)23-8-1-2-9-23/h3-4,7,14-16H,1-2,5-6,8-13H2,(H,22,27)(H,25,26). The molecule has 27 heavy (non-hydrogen) atoms. The summed E-state index contributed by atoms with van der Waals surface area (Å²) in [5.74, 6) is 0.607. The highest BCUT2D eigenvalue weighted by Gasteiger charge is 2.38. The number of nitrogens with one attached hydrogen (secondary N) is 1. The molecule has 3 aliphatic rings. The number of nitrogens with zero attached hydrogens (tertiary/aromatic N) is 3. The van der Waals surface area contributed by atoms with Crippen LogP contribution in [-0.4, -0.2) is 65.1 Å². The van der Waals surface area contributed by atoms with Gasteiger partial charge in [-0.3, -0.25) is 14.5 Å². The zero-order chi connectivity index (χ0) is 18.8. The summed E-state index contributed by atoms with van der Waals surface area (Å²) in [4.78, 5) is 32.6. The Bertz CT molecular complexity index is 694. The minimum Gasteiger partial charge on any atom is -0.480 e. The van der Waals surface area contributed by atoms with Gasteiger partial charge in [0.2, 0.25) is 0 Å². The van der Waals surface area contributed by atoms with Crippen LogP contribution in [0, 0.1) is 5.92 Å². The summed E-state index contributed by atoms with van der Waals surface area (Å²) in [5, 5.41) is 12.3. The highest BCUT2D eigenvalue weighted by atomic mass is 16.4. The van der Waals surface area contributed by atoms with E-state index >= 15 is 0 Å². The van der Waals surface area contributed by atoms with Crippen LogP contribution in [0.5, 0.6) is 0 Å². The first-order chi connectivity index (χ1) is 13.1. The largest absolute Gasteiger partial charge is 0.480 e. The van der Waals surface area contributed by atoms with E-state index in [2.05, 4.69) is 20.1 Å². The molecule has 2 N–H and O–H groups in total. The first-order valence-corrected chi connectivity index (χ1v) is 10.1. The Balaban J connectivity index is 1.33. The van der Waals surface area contributed by atoms with E-state index in [1.165, 1.54) is 12.8 Å². The number of carbonyl (C=O) groups excluding carboxylic acids is 1. The van der Waals surface area contributed by atoms with Gasteiger partial charge in [-0.15, -0.1) is 0 Å². The SMILES string of the molecule is O=C(O)CN(CC1CC1)C1CC(NC(=O)c2cccnc2N2CCCC2)C1. The van der Waals surface area contributed by atoms with Gasteiger partial charge in [-0.2, -0.15) is 0 Å². The Morgan fingerprint density at radius 2 is 2.00 bits per heavy atom. The van der Waals surface area contributed by atoms with Gasteiger partial charge in [-0.1, -0.05) is 0 Å². The van der Waals surface area contributed by atoms with Gasteiger partial charge in [0, 0.05) is 37.9 Å². The molecule has 7 heteroatoms. The predicted octanol–water partition coefficient (Wildman–Crippen LogP) is 1.74. The smallest absolute Gasteiger partial charge is 0.317 e. The third kappa shape index (κ3) is 4.40. The van der Waals surface area contributed by atoms with Crippen LogP contribution in [0.1, 0.15) is 48.9 Å². The number of anilines is 1. The number of carbonyl (C=O) groups is 2. The second-order valence-corrected chi connectivity index (χ2v) is 8.13.